The zero-order valence-corrected chi connectivity index (χ0v) is 12.5. The van der Waals surface area contributed by atoms with Crippen molar-refractivity contribution in [2.45, 2.75) is 6.54 Å². The minimum absolute atomic E-state index is 0.232. The second-order valence-electron chi connectivity index (χ2n) is 4.58. The summed E-state index contributed by atoms with van der Waals surface area (Å²) < 4.78 is 14.4. The Balaban J connectivity index is 2.01. The molecule has 20 heavy (non-hydrogen) atoms. The van der Waals surface area contributed by atoms with Crippen LogP contribution in [-0.4, -0.2) is 10.2 Å². The molecule has 1 aliphatic rings. The number of anilines is 1. The second kappa shape index (κ2) is 4.97. The molecule has 2 N–H and O–H groups in total. The van der Waals surface area contributed by atoms with Crippen LogP contribution in [0.4, 0.5) is 10.1 Å². The van der Waals surface area contributed by atoms with Crippen molar-refractivity contribution >= 4 is 31.9 Å². The lowest BCUT2D eigenvalue weighted by atomic mass is 10.0. The SMILES string of the molecule is Oc1ccc2c(c1)C(I)=CN(c1ccc(O)c(F)c1)C2. The minimum atomic E-state index is -0.637. The normalized spacial score (nSPS) is 13.9. The number of phenols is 2. The summed E-state index contributed by atoms with van der Waals surface area (Å²) in [4.78, 5) is 1.91. The van der Waals surface area contributed by atoms with Crippen LogP contribution in [0.15, 0.2) is 42.6 Å². The largest absolute Gasteiger partial charge is 0.508 e. The number of benzene rings is 2. The van der Waals surface area contributed by atoms with Crippen molar-refractivity contribution in [3.05, 3.63) is 59.5 Å². The van der Waals surface area contributed by atoms with Gasteiger partial charge >= 0.3 is 0 Å². The summed E-state index contributed by atoms with van der Waals surface area (Å²) in [7, 11) is 0. The van der Waals surface area contributed by atoms with Gasteiger partial charge in [0.15, 0.2) is 11.6 Å². The first kappa shape index (κ1) is 13.2. The molecule has 0 amide bonds. The molecule has 102 valence electrons. The summed E-state index contributed by atoms with van der Waals surface area (Å²) in [5.41, 5.74) is 2.72. The van der Waals surface area contributed by atoms with Crippen molar-refractivity contribution in [2.75, 3.05) is 4.90 Å². The number of hydrogen-bond acceptors (Lipinski definition) is 3. The number of nitrogens with zero attached hydrogens (tertiary/aromatic N) is 1. The molecule has 1 heterocycles. The van der Waals surface area contributed by atoms with E-state index in [1.807, 2.05) is 17.2 Å². The summed E-state index contributed by atoms with van der Waals surface area (Å²) in [6, 6.07) is 9.55. The molecule has 0 saturated heterocycles. The molecule has 3 nitrogen and oxygen atoms in total. The van der Waals surface area contributed by atoms with Gasteiger partial charge in [0.2, 0.25) is 0 Å². The molecule has 0 atom stereocenters. The van der Waals surface area contributed by atoms with E-state index in [-0.39, 0.29) is 11.5 Å². The van der Waals surface area contributed by atoms with E-state index in [0.29, 0.717) is 12.2 Å². The summed E-state index contributed by atoms with van der Waals surface area (Å²) in [5.74, 6) is -0.757. The van der Waals surface area contributed by atoms with Crippen molar-refractivity contribution < 1.29 is 14.6 Å². The van der Waals surface area contributed by atoms with Gasteiger partial charge in [-0.25, -0.2) is 4.39 Å². The van der Waals surface area contributed by atoms with Crippen molar-refractivity contribution in [1.29, 1.82) is 0 Å². The molecular formula is C15H11FINO2. The molecule has 0 aliphatic carbocycles. The quantitative estimate of drug-likeness (QED) is 0.732. The molecule has 0 spiro atoms. The van der Waals surface area contributed by atoms with E-state index in [1.54, 1.807) is 18.2 Å². The van der Waals surface area contributed by atoms with E-state index in [1.165, 1.54) is 12.1 Å². The van der Waals surface area contributed by atoms with Crippen LogP contribution in [0.3, 0.4) is 0 Å². The average Bonchev–Trinajstić information content (AvgIpc) is 2.42. The predicted molar refractivity (Wildman–Crippen MR) is 84.4 cm³/mol. The Kier molecular flexibility index (Phi) is 3.29. The number of rotatable bonds is 1. The maximum Gasteiger partial charge on any atom is 0.166 e. The fourth-order valence-electron chi connectivity index (χ4n) is 2.20. The lowest BCUT2D eigenvalue weighted by molar-refractivity contribution is 0.432. The van der Waals surface area contributed by atoms with Crippen molar-refractivity contribution in [2.24, 2.45) is 0 Å². The van der Waals surface area contributed by atoms with Gasteiger partial charge in [-0.2, -0.15) is 0 Å². The molecule has 2 aromatic carbocycles. The Labute approximate surface area is 129 Å². The predicted octanol–water partition coefficient (Wildman–Crippen LogP) is 3.99. The van der Waals surface area contributed by atoms with Gasteiger partial charge in [0.1, 0.15) is 5.75 Å². The van der Waals surface area contributed by atoms with Gasteiger partial charge in [0.05, 0.1) is 0 Å². The van der Waals surface area contributed by atoms with Gasteiger partial charge in [-0.1, -0.05) is 6.07 Å². The Morgan fingerprint density at radius 2 is 1.90 bits per heavy atom. The van der Waals surface area contributed by atoms with Crippen LogP contribution in [0.25, 0.3) is 3.58 Å². The highest BCUT2D eigenvalue weighted by molar-refractivity contribution is 14.1. The summed E-state index contributed by atoms with van der Waals surface area (Å²) in [6.45, 7) is 0.590. The summed E-state index contributed by atoms with van der Waals surface area (Å²) in [5, 5.41) is 18.8. The third-order valence-electron chi connectivity index (χ3n) is 3.22. The van der Waals surface area contributed by atoms with Crippen molar-refractivity contribution in [3.63, 3.8) is 0 Å². The molecule has 0 fully saturated rings. The second-order valence-corrected chi connectivity index (χ2v) is 5.74. The highest BCUT2D eigenvalue weighted by atomic mass is 127. The standard InChI is InChI=1S/C15H11FINO2/c16-13-5-10(2-4-15(13)20)18-7-9-1-3-11(19)6-12(9)14(17)8-18/h1-6,8,19-20H,7H2. The Morgan fingerprint density at radius 3 is 2.65 bits per heavy atom. The zero-order chi connectivity index (χ0) is 14.3. The number of hydrogen-bond donors (Lipinski definition) is 2. The van der Waals surface area contributed by atoms with E-state index in [0.717, 1.165) is 14.7 Å². The highest BCUT2D eigenvalue weighted by Crippen LogP contribution is 2.36. The lowest BCUT2D eigenvalue weighted by Crippen LogP contribution is -2.20. The Morgan fingerprint density at radius 1 is 1.10 bits per heavy atom. The molecule has 3 rings (SSSR count). The van der Waals surface area contributed by atoms with Crippen LogP contribution >= 0.6 is 22.6 Å². The van der Waals surface area contributed by atoms with Gasteiger partial charge in [-0.05, 0) is 58.0 Å². The third kappa shape index (κ3) is 2.33. The van der Waals surface area contributed by atoms with Gasteiger partial charge in [-0.15, -0.1) is 0 Å². The van der Waals surface area contributed by atoms with Crippen molar-refractivity contribution in [1.82, 2.24) is 0 Å². The van der Waals surface area contributed by atoms with Crippen LogP contribution in [0.1, 0.15) is 11.1 Å². The van der Waals surface area contributed by atoms with E-state index in [2.05, 4.69) is 22.6 Å². The molecule has 1 aliphatic heterocycles. The molecule has 0 saturated carbocycles. The smallest absolute Gasteiger partial charge is 0.166 e. The van der Waals surface area contributed by atoms with E-state index < -0.39 is 5.82 Å². The monoisotopic (exact) mass is 383 g/mol. The van der Waals surface area contributed by atoms with Crippen LogP contribution in [0.5, 0.6) is 11.5 Å². The van der Waals surface area contributed by atoms with Gasteiger partial charge in [0.25, 0.3) is 0 Å². The molecule has 2 aromatic rings. The summed E-state index contributed by atoms with van der Waals surface area (Å²) >= 11 is 2.19. The molecule has 0 bridgehead atoms. The highest BCUT2D eigenvalue weighted by Gasteiger charge is 2.18. The number of halogens is 2. The average molecular weight is 383 g/mol. The lowest BCUT2D eigenvalue weighted by Gasteiger charge is -2.27. The Hall–Kier alpha value is -1.76. The van der Waals surface area contributed by atoms with Gasteiger partial charge in [0, 0.05) is 28.1 Å². The molecule has 0 aromatic heterocycles. The molecule has 0 radical (unpaired) electrons. The Bertz CT molecular complexity index is 715. The van der Waals surface area contributed by atoms with Crippen LogP contribution in [0.2, 0.25) is 0 Å². The van der Waals surface area contributed by atoms with Gasteiger partial charge in [-0.3, -0.25) is 0 Å². The molecule has 0 unspecified atom stereocenters. The number of aromatic hydroxyl groups is 2. The summed E-state index contributed by atoms with van der Waals surface area (Å²) in [6.07, 6.45) is 1.90. The fourth-order valence-corrected chi connectivity index (χ4v) is 3.04. The molecular weight excluding hydrogens is 372 g/mol. The van der Waals surface area contributed by atoms with Gasteiger partial charge < -0.3 is 15.1 Å². The maximum absolute atomic E-state index is 13.4. The number of fused-ring (bicyclic) bond motifs is 1. The first-order valence-electron chi connectivity index (χ1n) is 5.99. The van der Waals surface area contributed by atoms with Crippen LogP contribution < -0.4 is 4.90 Å². The third-order valence-corrected chi connectivity index (χ3v) is 4.08. The van der Waals surface area contributed by atoms with Crippen LogP contribution in [0, 0.1) is 5.82 Å². The van der Waals surface area contributed by atoms with E-state index >= 15 is 0 Å². The maximum atomic E-state index is 13.4. The van der Waals surface area contributed by atoms with E-state index in [4.69, 9.17) is 0 Å². The first-order chi connectivity index (χ1) is 9.54. The number of phenolic OH excluding ortho intramolecular Hbond substituents is 2. The zero-order valence-electron chi connectivity index (χ0n) is 10.3. The topological polar surface area (TPSA) is 43.7 Å². The minimum Gasteiger partial charge on any atom is -0.508 e. The first-order valence-corrected chi connectivity index (χ1v) is 7.07. The van der Waals surface area contributed by atoms with Crippen LogP contribution in [-0.2, 0) is 6.54 Å². The van der Waals surface area contributed by atoms with E-state index in [9.17, 15) is 14.6 Å². The molecule has 5 heteroatoms. The van der Waals surface area contributed by atoms with Crippen molar-refractivity contribution in [3.8, 4) is 11.5 Å². The fraction of sp³-hybridized carbons (Fsp3) is 0.0667.